The highest BCUT2D eigenvalue weighted by Gasteiger charge is 2.44. The Morgan fingerprint density at radius 2 is 1.84 bits per heavy atom. The summed E-state index contributed by atoms with van der Waals surface area (Å²) in [6.07, 6.45) is -5.65. The average Bonchev–Trinajstić information content (AvgIpc) is 2.36. The van der Waals surface area contributed by atoms with Crippen LogP contribution in [0.15, 0.2) is 0 Å². The zero-order valence-corrected chi connectivity index (χ0v) is 10.3. The van der Waals surface area contributed by atoms with Gasteiger partial charge in [-0.3, -0.25) is 9.59 Å². The molecule has 1 aliphatic heterocycles. The number of carbonyl (C=O) groups is 2. The van der Waals surface area contributed by atoms with Crippen molar-refractivity contribution in [3.8, 4) is 0 Å². The number of aliphatic hydroxyl groups excluding tert-OH is 4. The lowest BCUT2D eigenvalue weighted by molar-refractivity contribution is -0.253. The zero-order valence-electron chi connectivity index (χ0n) is 10.3. The van der Waals surface area contributed by atoms with Crippen molar-refractivity contribution in [3.63, 3.8) is 0 Å². The number of carbonyl (C=O) groups excluding carboxylic acids is 2. The van der Waals surface area contributed by atoms with E-state index in [0.29, 0.717) is 0 Å². The van der Waals surface area contributed by atoms with E-state index in [1.807, 2.05) is 0 Å². The first-order chi connectivity index (χ1) is 8.86. The first-order valence-electron chi connectivity index (χ1n) is 5.71. The Balaban J connectivity index is 2.57. The van der Waals surface area contributed by atoms with Crippen LogP contribution in [0.4, 0.5) is 0 Å². The summed E-state index contributed by atoms with van der Waals surface area (Å²) in [6.45, 7) is 0.322. The summed E-state index contributed by atoms with van der Waals surface area (Å²) >= 11 is 0. The van der Waals surface area contributed by atoms with E-state index in [2.05, 4.69) is 10.6 Å². The van der Waals surface area contributed by atoms with Crippen LogP contribution < -0.4 is 10.6 Å². The monoisotopic (exact) mass is 278 g/mol. The van der Waals surface area contributed by atoms with Crippen molar-refractivity contribution in [2.24, 2.45) is 0 Å². The van der Waals surface area contributed by atoms with Crippen LogP contribution in [0.5, 0.6) is 0 Å². The molecule has 0 saturated carbocycles. The van der Waals surface area contributed by atoms with E-state index in [-0.39, 0.29) is 6.54 Å². The summed E-state index contributed by atoms with van der Waals surface area (Å²) < 4.78 is 4.85. The van der Waals surface area contributed by atoms with Gasteiger partial charge >= 0.3 is 0 Å². The molecular formula is C10H18N2O7. The molecule has 0 bridgehead atoms. The highest BCUT2D eigenvalue weighted by atomic mass is 16.6. The van der Waals surface area contributed by atoms with E-state index in [1.165, 1.54) is 6.92 Å². The molecule has 0 aromatic heterocycles. The summed E-state index contributed by atoms with van der Waals surface area (Å²) in [5.41, 5.74) is 0. The smallest absolute Gasteiger partial charge is 0.239 e. The molecule has 5 atom stereocenters. The first-order valence-corrected chi connectivity index (χ1v) is 5.71. The number of amides is 2. The summed E-state index contributed by atoms with van der Waals surface area (Å²) in [5, 5.41) is 42.2. The van der Waals surface area contributed by atoms with Crippen LogP contribution in [0.3, 0.4) is 0 Å². The molecule has 19 heavy (non-hydrogen) atoms. The molecule has 0 radical (unpaired) electrons. The van der Waals surface area contributed by atoms with Crippen molar-refractivity contribution < 1.29 is 34.8 Å². The maximum absolute atomic E-state index is 11.4. The Hall–Kier alpha value is -1.26. The van der Waals surface area contributed by atoms with Crippen LogP contribution in [0, 0.1) is 0 Å². The van der Waals surface area contributed by atoms with E-state index in [0.717, 1.165) is 0 Å². The largest absolute Gasteiger partial charge is 0.394 e. The zero-order chi connectivity index (χ0) is 14.6. The molecule has 1 fully saturated rings. The molecule has 0 aromatic rings. The van der Waals surface area contributed by atoms with Crippen LogP contribution >= 0.6 is 0 Å². The van der Waals surface area contributed by atoms with Crippen LogP contribution in [0.2, 0.25) is 0 Å². The van der Waals surface area contributed by atoms with Crippen molar-refractivity contribution in [1.82, 2.24) is 10.6 Å². The third-order valence-corrected chi connectivity index (χ3v) is 2.73. The average molecular weight is 278 g/mol. The molecule has 1 rings (SSSR count). The van der Waals surface area contributed by atoms with E-state index in [1.54, 1.807) is 0 Å². The van der Waals surface area contributed by atoms with E-state index in [4.69, 9.17) is 9.84 Å². The third-order valence-electron chi connectivity index (χ3n) is 2.73. The lowest BCUT2D eigenvalue weighted by Gasteiger charge is -2.40. The molecule has 1 saturated heterocycles. The summed E-state index contributed by atoms with van der Waals surface area (Å²) in [5.74, 6) is -1.06. The number of rotatable bonds is 4. The standard InChI is InChI=1S/C10H18N2O7/c1-4(14)11-2-6(15)12-7-9(17)8(16)5(3-13)19-10(7)18/h5,7-10,13,16-18H,2-3H2,1H3,(H,11,14)(H,12,15). The van der Waals surface area contributed by atoms with Gasteiger partial charge in [-0.05, 0) is 0 Å². The topological polar surface area (TPSA) is 148 Å². The minimum atomic E-state index is -1.57. The summed E-state index contributed by atoms with van der Waals surface area (Å²) in [7, 11) is 0. The number of hydrogen-bond donors (Lipinski definition) is 6. The Bertz CT molecular complexity index is 338. The minimum Gasteiger partial charge on any atom is -0.394 e. The van der Waals surface area contributed by atoms with E-state index < -0.39 is 49.1 Å². The second-order valence-electron chi connectivity index (χ2n) is 4.23. The summed E-state index contributed by atoms with van der Waals surface area (Å²) in [6, 6.07) is -1.25. The van der Waals surface area contributed by atoms with Gasteiger partial charge in [-0.1, -0.05) is 0 Å². The van der Waals surface area contributed by atoms with Gasteiger partial charge in [-0.15, -0.1) is 0 Å². The SMILES string of the molecule is CC(=O)NCC(=O)NC1C(O)OC(CO)C(O)C1O. The fourth-order valence-electron chi connectivity index (χ4n) is 1.69. The van der Waals surface area contributed by atoms with Gasteiger partial charge in [0, 0.05) is 6.92 Å². The van der Waals surface area contributed by atoms with Crippen molar-refractivity contribution in [2.45, 2.75) is 37.6 Å². The van der Waals surface area contributed by atoms with Gasteiger partial charge in [0.25, 0.3) is 0 Å². The van der Waals surface area contributed by atoms with Gasteiger partial charge in [0.15, 0.2) is 6.29 Å². The maximum Gasteiger partial charge on any atom is 0.239 e. The Kier molecular flexibility index (Phi) is 5.63. The van der Waals surface area contributed by atoms with Crippen LogP contribution in [0.25, 0.3) is 0 Å². The van der Waals surface area contributed by atoms with E-state index >= 15 is 0 Å². The first kappa shape index (κ1) is 15.8. The molecule has 0 spiro atoms. The molecule has 9 nitrogen and oxygen atoms in total. The highest BCUT2D eigenvalue weighted by molar-refractivity contribution is 5.83. The highest BCUT2D eigenvalue weighted by Crippen LogP contribution is 2.19. The van der Waals surface area contributed by atoms with Gasteiger partial charge in [-0.25, -0.2) is 0 Å². The fourth-order valence-corrected chi connectivity index (χ4v) is 1.69. The molecule has 2 amide bonds. The Morgan fingerprint density at radius 3 is 2.37 bits per heavy atom. The van der Waals surface area contributed by atoms with Crippen LogP contribution in [-0.2, 0) is 14.3 Å². The molecule has 1 heterocycles. The van der Waals surface area contributed by atoms with Crippen LogP contribution in [0.1, 0.15) is 6.92 Å². The Labute approximate surface area is 109 Å². The van der Waals surface area contributed by atoms with E-state index in [9.17, 15) is 24.9 Å². The van der Waals surface area contributed by atoms with Gasteiger partial charge < -0.3 is 35.8 Å². The normalized spacial score (nSPS) is 34.7. The number of aliphatic hydroxyl groups is 4. The quantitative estimate of drug-likeness (QED) is 0.307. The predicted molar refractivity (Wildman–Crippen MR) is 60.6 cm³/mol. The lowest BCUT2D eigenvalue weighted by Crippen LogP contribution is -2.64. The molecule has 0 aliphatic carbocycles. The third kappa shape index (κ3) is 4.11. The predicted octanol–water partition coefficient (Wildman–Crippen LogP) is -3.96. The fraction of sp³-hybridized carbons (Fsp3) is 0.800. The second-order valence-corrected chi connectivity index (χ2v) is 4.23. The summed E-state index contributed by atoms with van der Waals surface area (Å²) in [4.78, 5) is 22.1. The van der Waals surface area contributed by atoms with Crippen molar-refractivity contribution in [1.29, 1.82) is 0 Å². The van der Waals surface area contributed by atoms with Crippen molar-refractivity contribution >= 4 is 11.8 Å². The molecule has 110 valence electrons. The number of ether oxygens (including phenoxy) is 1. The van der Waals surface area contributed by atoms with Gasteiger partial charge in [-0.2, -0.15) is 0 Å². The number of nitrogens with one attached hydrogen (secondary N) is 2. The molecular weight excluding hydrogens is 260 g/mol. The molecule has 6 N–H and O–H groups in total. The maximum atomic E-state index is 11.4. The van der Waals surface area contributed by atoms with Crippen molar-refractivity contribution in [3.05, 3.63) is 0 Å². The molecule has 0 aromatic carbocycles. The molecule has 1 aliphatic rings. The molecule has 5 unspecified atom stereocenters. The second kappa shape index (κ2) is 6.78. The van der Waals surface area contributed by atoms with Gasteiger partial charge in [0.2, 0.25) is 11.8 Å². The number of hydrogen-bond acceptors (Lipinski definition) is 7. The minimum absolute atomic E-state index is 0.329. The van der Waals surface area contributed by atoms with Gasteiger partial charge in [0.05, 0.1) is 13.2 Å². The van der Waals surface area contributed by atoms with Gasteiger partial charge in [0.1, 0.15) is 24.4 Å². The Morgan fingerprint density at radius 1 is 1.21 bits per heavy atom. The van der Waals surface area contributed by atoms with Crippen LogP contribution in [-0.4, -0.2) is 76.0 Å². The van der Waals surface area contributed by atoms with Crippen molar-refractivity contribution in [2.75, 3.05) is 13.2 Å². The molecule has 9 heteroatoms. The lowest BCUT2D eigenvalue weighted by atomic mass is 9.97.